The molecule has 0 radical (unpaired) electrons. The van der Waals surface area contributed by atoms with Crippen molar-refractivity contribution in [2.45, 2.75) is 38.1 Å². The number of rotatable bonds is 4. The summed E-state index contributed by atoms with van der Waals surface area (Å²) in [4.78, 5) is 5.21. The number of nitrogens with zero attached hydrogens (tertiary/aromatic N) is 1. The van der Waals surface area contributed by atoms with Gasteiger partial charge in [-0.3, -0.25) is 0 Å². The maximum Gasteiger partial charge on any atom is 0.129 e. The summed E-state index contributed by atoms with van der Waals surface area (Å²) >= 11 is 3.59. The predicted octanol–water partition coefficient (Wildman–Crippen LogP) is 4.52. The predicted molar refractivity (Wildman–Crippen MR) is 82.6 cm³/mol. The van der Waals surface area contributed by atoms with E-state index >= 15 is 0 Å². The molecule has 1 aromatic carbocycles. The number of alkyl halides is 1. The van der Waals surface area contributed by atoms with Gasteiger partial charge in [0.25, 0.3) is 0 Å². The highest BCUT2D eigenvalue weighted by atomic mass is 79.9. The minimum Gasteiger partial charge on any atom is -0.367 e. The van der Waals surface area contributed by atoms with E-state index in [9.17, 15) is 0 Å². The van der Waals surface area contributed by atoms with Crippen LogP contribution in [0, 0.1) is 6.92 Å². The second-order valence-corrected chi connectivity index (χ2v) is 6.47. The Balaban J connectivity index is 2.25. The monoisotopic (exact) mass is 306 g/mol. The quantitative estimate of drug-likeness (QED) is 0.840. The number of hydrogen-bond donors (Lipinski definition) is 1. The summed E-state index contributed by atoms with van der Waals surface area (Å²) in [6.45, 7) is 6.46. The van der Waals surface area contributed by atoms with Gasteiger partial charge in [-0.05, 0) is 38.0 Å². The molecule has 2 rings (SSSR count). The molecule has 0 aliphatic heterocycles. The van der Waals surface area contributed by atoms with Crippen molar-refractivity contribution in [2.24, 2.45) is 0 Å². The van der Waals surface area contributed by atoms with Gasteiger partial charge in [0.05, 0.1) is 5.52 Å². The standard InChI is InChI=1S/C15H19BrN2/c1-10-8-13-6-4-5-7-14(13)18-15(10)17-12(3)9-11(2)16/h4-8,11-12H,9H2,1-3H3,(H,17,18). The van der Waals surface area contributed by atoms with Crippen LogP contribution in [-0.4, -0.2) is 15.9 Å². The molecule has 0 bridgehead atoms. The molecule has 0 spiro atoms. The Labute approximate surface area is 117 Å². The first-order valence-corrected chi connectivity index (χ1v) is 7.25. The van der Waals surface area contributed by atoms with E-state index in [4.69, 9.17) is 4.98 Å². The van der Waals surface area contributed by atoms with Gasteiger partial charge in [0.15, 0.2) is 0 Å². The zero-order valence-electron chi connectivity index (χ0n) is 11.1. The van der Waals surface area contributed by atoms with Gasteiger partial charge in [0, 0.05) is 16.3 Å². The highest BCUT2D eigenvalue weighted by Crippen LogP contribution is 2.21. The van der Waals surface area contributed by atoms with Crippen LogP contribution in [0.5, 0.6) is 0 Å². The van der Waals surface area contributed by atoms with Crippen molar-refractivity contribution < 1.29 is 0 Å². The zero-order valence-corrected chi connectivity index (χ0v) is 12.7. The molecule has 0 saturated carbocycles. The first kappa shape index (κ1) is 13.3. The lowest BCUT2D eigenvalue weighted by Gasteiger charge is -2.17. The normalized spacial score (nSPS) is 14.4. The van der Waals surface area contributed by atoms with Crippen molar-refractivity contribution in [1.82, 2.24) is 4.98 Å². The molecule has 96 valence electrons. The molecular weight excluding hydrogens is 288 g/mol. The maximum absolute atomic E-state index is 4.70. The van der Waals surface area contributed by atoms with Gasteiger partial charge in [-0.15, -0.1) is 0 Å². The van der Waals surface area contributed by atoms with Crippen molar-refractivity contribution in [3.8, 4) is 0 Å². The van der Waals surface area contributed by atoms with Crippen LogP contribution >= 0.6 is 15.9 Å². The van der Waals surface area contributed by atoms with Gasteiger partial charge < -0.3 is 5.32 Å². The fourth-order valence-electron chi connectivity index (χ4n) is 2.15. The van der Waals surface area contributed by atoms with E-state index in [1.54, 1.807) is 0 Å². The zero-order chi connectivity index (χ0) is 13.1. The summed E-state index contributed by atoms with van der Waals surface area (Å²) in [6, 6.07) is 10.8. The number of aryl methyl sites for hydroxylation is 1. The lowest BCUT2D eigenvalue weighted by atomic mass is 10.1. The number of nitrogens with one attached hydrogen (secondary N) is 1. The average Bonchev–Trinajstić information content (AvgIpc) is 2.29. The van der Waals surface area contributed by atoms with Gasteiger partial charge in [-0.1, -0.05) is 41.1 Å². The van der Waals surface area contributed by atoms with E-state index in [0.29, 0.717) is 10.9 Å². The van der Waals surface area contributed by atoms with Gasteiger partial charge in [-0.2, -0.15) is 0 Å². The molecule has 0 amide bonds. The number of fused-ring (bicyclic) bond motifs is 1. The van der Waals surface area contributed by atoms with Gasteiger partial charge in [-0.25, -0.2) is 4.98 Å². The fourth-order valence-corrected chi connectivity index (χ4v) is 2.71. The molecule has 0 saturated heterocycles. The number of halogens is 1. The molecular formula is C15H19BrN2. The van der Waals surface area contributed by atoms with Crippen LogP contribution < -0.4 is 5.32 Å². The first-order chi connectivity index (χ1) is 8.56. The van der Waals surface area contributed by atoms with Gasteiger partial charge in [0.1, 0.15) is 5.82 Å². The van der Waals surface area contributed by atoms with Gasteiger partial charge in [0.2, 0.25) is 0 Å². The first-order valence-electron chi connectivity index (χ1n) is 6.33. The molecule has 18 heavy (non-hydrogen) atoms. The molecule has 0 aliphatic carbocycles. The van der Waals surface area contributed by atoms with Crippen LogP contribution in [0.25, 0.3) is 10.9 Å². The number of aromatic nitrogens is 1. The van der Waals surface area contributed by atoms with E-state index < -0.39 is 0 Å². The molecule has 0 aliphatic rings. The Morgan fingerprint density at radius 1 is 1.28 bits per heavy atom. The average molecular weight is 307 g/mol. The molecule has 1 N–H and O–H groups in total. The van der Waals surface area contributed by atoms with E-state index in [-0.39, 0.29) is 0 Å². The number of anilines is 1. The second kappa shape index (κ2) is 5.70. The van der Waals surface area contributed by atoms with Crippen LogP contribution in [0.2, 0.25) is 0 Å². The van der Waals surface area contributed by atoms with Crippen LogP contribution in [0.1, 0.15) is 25.8 Å². The van der Waals surface area contributed by atoms with Crippen molar-refractivity contribution in [3.63, 3.8) is 0 Å². The molecule has 2 aromatic rings. The van der Waals surface area contributed by atoms with Crippen LogP contribution in [0.4, 0.5) is 5.82 Å². The van der Waals surface area contributed by atoms with E-state index in [1.165, 1.54) is 10.9 Å². The van der Waals surface area contributed by atoms with E-state index in [0.717, 1.165) is 17.8 Å². The SMILES string of the molecule is Cc1cc2ccccc2nc1NC(C)CC(C)Br. The van der Waals surface area contributed by atoms with E-state index in [2.05, 4.69) is 60.2 Å². The van der Waals surface area contributed by atoms with Crippen molar-refractivity contribution >= 4 is 32.7 Å². The maximum atomic E-state index is 4.70. The van der Waals surface area contributed by atoms with Crippen LogP contribution in [0.15, 0.2) is 30.3 Å². The molecule has 1 aromatic heterocycles. The summed E-state index contributed by atoms with van der Waals surface area (Å²) < 4.78 is 0. The van der Waals surface area contributed by atoms with Crippen LogP contribution in [-0.2, 0) is 0 Å². The number of hydrogen-bond acceptors (Lipinski definition) is 2. The minimum absolute atomic E-state index is 0.409. The Kier molecular flexibility index (Phi) is 4.23. The third kappa shape index (κ3) is 3.22. The van der Waals surface area contributed by atoms with Crippen molar-refractivity contribution in [2.75, 3.05) is 5.32 Å². The number of pyridine rings is 1. The smallest absolute Gasteiger partial charge is 0.129 e. The Morgan fingerprint density at radius 2 is 2.00 bits per heavy atom. The molecule has 1 heterocycles. The highest BCUT2D eigenvalue weighted by Gasteiger charge is 2.09. The third-order valence-corrected chi connectivity index (χ3v) is 3.35. The summed E-state index contributed by atoms with van der Waals surface area (Å²) in [5, 5.41) is 4.69. The number of para-hydroxylation sites is 1. The Morgan fingerprint density at radius 3 is 2.72 bits per heavy atom. The summed E-state index contributed by atoms with van der Waals surface area (Å²) in [5.74, 6) is 0.995. The van der Waals surface area contributed by atoms with E-state index in [1.807, 2.05) is 12.1 Å². The summed E-state index contributed by atoms with van der Waals surface area (Å²) in [6.07, 6.45) is 1.08. The third-order valence-electron chi connectivity index (χ3n) is 2.98. The molecule has 2 unspecified atom stereocenters. The lowest BCUT2D eigenvalue weighted by Crippen LogP contribution is -2.19. The van der Waals surface area contributed by atoms with Crippen molar-refractivity contribution in [3.05, 3.63) is 35.9 Å². The van der Waals surface area contributed by atoms with Crippen molar-refractivity contribution in [1.29, 1.82) is 0 Å². The highest BCUT2D eigenvalue weighted by molar-refractivity contribution is 9.09. The Hall–Kier alpha value is -1.09. The summed E-state index contributed by atoms with van der Waals surface area (Å²) in [7, 11) is 0. The summed E-state index contributed by atoms with van der Waals surface area (Å²) in [5.41, 5.74) is 2.24. The fraction of sp³-hybridized carbons (Fsp3) is 0.400. The Bertz CT molecular complexity index is 537. The molecule has 0 fully saturated rings. The lowest BCUT2D eigenvalue weighted by molar-refractivity contribution is 0.705. The largest absolute Gasteiger partial charge is 0.367 e. The topological polar surface area (TPSA) is 24.9 Å². The number of benzene rings is 1. The molecule has 2 nitrogen and oxygen atoms in total. The molecule has 2 atom stereocenters. The van der Waals surface area contributed by atoms with Crippen LogP contribution in [0.3, 0.4) is 0 Å². The van der Waals surface area contributed by atoms with Gasteiger partial charge >= 0.3 is 0 Å². The minimum atomic E-state index is 0.409. The second-order valence-electron chi connectivity index (χ2n) is 4.91. The molecule has 3 heteroatoms.